The molecule has 2 nitrogen and oxygen atoms in total. The lowest BCUT2D eigenvalue weighted by molar-refractivity contribution is 0.170. The Morgan fingerprint density at radius 3 is 2.35 bits per heavy atom. The molecule has 0 aliphatic carbocycles. The van der Waals surface area contributed by atoms with Gasteiger partial charge in [-0.15, -0.1) is 0 Å². The van der Waals surface area contributed by atoms with Gasteiger partial charge in [0.1, 0.15) is 5.82 Å². The highest BCUT2D eigenvalue weighted by Crippen LogP contribution is 2.31. The molecular formula is C14H22FNO. The van der Waals surface area contributed by atoms with E-state index in [1.807, 2.05) is 0 Å². The fourth-order valence-corrected chi connectivity index (χ4v) is 2.15. The zero-order chi connectivity index (χ0) is 12.9. The van der Waals surface area contributed by atoms with Gasteiger partial charge in [-0.1, -0.05) is 32.4 Å². The fourth-order valence-electron chi connectivity index (χ4n) is 2.15. The van der Waals surface area contributed by atoms with Gasteiger partial charge in [0, 0.05) is 12.0 Å². The molecule has 0 aromatic heterocycles. The third kappa shape index (κ3) is 3.27. The number of halogens is 1. The van der Waals surface area contributed by atoms with Crippen molar-refractivity contribution >= 4 is 0 Å². The van der Waals surface area contributed by atoms with E-state index < -0.39 is 5.41 Å². The first-order valence-electron chi connectivity index (χ1n) is 6.15. The second-order valence-corrected chi connectivity index (χ2v) is 4.87. The number of rotatable bonds is 6. The van der Waals surface area contributed by atoms with Crippen molar-refractivity contribution in [2.45, 2.75) is 32.1 Å². The molecule has 0 saturated heterocycles. The maximum Gasteiger partial charge on any atom is 0.123 e. The van der Waals surface area contributed by atoms with Crippen LogP contribution in [0.25, 0.3) is 0 Å². The highest BCUT2D eigenvalue weighted by atomic mass is 19.1. The highest BCUT2D eigenvalue weighted by Gasteiger charge is 2.31. The van der Waals surface area contributed by atoms with Crippen molar-refractivity contribution in [3.8, 4) is 0 Å². The Balaban J connectivity index is 3.01. The summed E-state index contributed by atoms with van der Waals surface area (Å²) in [6.07, 6.45) is 1.87. The van der Waals surface area contributed by atoms with Gasteiger partial charge < -0.3 is 10.8 Å². The van der Waals surface area contributed by atoms with Gasteiger partial charge in [0.15, 0.2) is 0 Å². The van der Waals surface area contributed by atoms with Gasteiger partial charge >= 0.3 is 0 Å². The molecule has 1 aromatic carbocycles. The minimum Gasteiger partial charge on any atom is -0.395 e. The van der Waals surface area contributed by atoms with E-state index in [1.165, 1.54) is 12.1 Å². The van der Waals surface area contributed by atoms with Crippen molar-refractivity contribution in [2.75, 3.05) is 13.2 Å². The van der Waals surface area contributed by atoms with Crippen LogP contribution in [0.15, 0.2) is 24.3 Å². The molecule has 0 saturated carbocycles. The zero-order valence-electron chi connectivity index (χ0n) is 10.6. The van der Waals surface area contributed by atoms with E-state index in [1.54, 1.807) is 12.1 Å². The minimum atomic E-state index is -0.441. The summed E-state index contributed by atoms with van der Waals surface area (Å²) >= 11 is 0. The lowest BCUT2D eigenvalue weighted by Gasteiger charge is -2.33. The molecule has 0 radical (unpaired) electrons. The van der Waals surface area contributed by atoms with Crippen LogP contribution in [0, 0.1) is 11.7 Å². The van der Waals surface area contributed by atoms with Crippen molar-refractivity contribution in [3.63, 3.8) is 0 Å². The first-order valence-corrected chi connectivity index (χ1v) is 6.15. The number of aliphatic hydroxyl groups excluding tert-OH is 1. The smallest absolute Gasteiger partial charge is 0.123 e. The Bertz CT molecular complexity index is 333. The van der Waals surface area contributed by atoms with Crippen molar-refractivity contribution in [1.82, 2.24) is 0 Å². The highest BCUT2D eigenvalue weighted by molar-refractivity contribution is 5.27. The van der Waals surface area contributed by atoms with Crippen molar-refractivity contribution in [3.05, 3.63) is 35.6 Å². The molecule has 0 heterocycles. The summed E-state index contributed by atoms with van der Waals surface area (Å²) < 4.78 is 12.9. The predicted octanol–water partition coefficient (Wildman–Crippen LogP) is 2.45. The SMILES string of the molecule is CCC(C)CC(CN)(CO)c1ccc(F)cc1. The van der Waals surface area contributed by atoms with Gasteiger partial charge in [0.05, 0.1) is 6.61 Å². The molecular weight excluding hydrogens is 217 g/mol. The Hall–Kier alpha value is -0.930. The van der Waals surface area contributed by atoms with Crippen LogP contribution in [0.2, 0.25) is 0 Å². The average molecular weight is 239 g/mol. The first kappa shape index (κ1) is 14.1. The van der Waals surface area contributed by atoms with Crippen molar-refractivity contribution in [2.24, 2.45) is 11.7 Å². The van der Waals surface area contributed by atoms with Crippen LogP contribution < -0.4 is 5.73 Å². The quantitative estimate of drug-likeness (QED) is 0.801. The summed E-state index contributed by atoms with van der Waals surface area (Å²) in [5, 5.41) is 9.67. The first-order chi connectivity index (χ1) is 8.07. The standard InChI is InChI=1S/C14H22FNO/c1-3-11(2)8-14(9-16,10-17)12-4-6-13(15)7-5-12/h4-7,11,17H,3,8-10,16H2,1-2H3. The summed E-state index contributed by atoms with van der Waals surface area (Å²) in [7, 11) is 0. The third-order valence-electron chi connectivity index (χ3n) is 3.59. The second kappa shape index (κ2) is 6.12. The molecule has 0 aliphatic heterocycles. The number of benzene rings is 1. The van der Waals surface area contributed by atoms with Gasteiger partial charge in [-0.3, -0.25) is 0 Å². The molecule has 96 valence electrons. The predicted molar refractivity (Wildman–Crippen MR) is 68.3 cm³/mol. The topological polar surface area (TPSA) is 46.2 Å². The van der Waals surface area contributed by atoms with E-state index in [0.717, 1.165) is 18.4 Å². The molecule has 3 heteroatoms. The molecule has 3 N–H and O–H groups in total. The number of nitrogens with two attached hydrogens (primary N) is 1. The molecule has 0 bridgehead atoms. The lowest BCUT2D eigenvalue weighted by Crippen LogP contribution is -2.40. The Morgan fingerprint density at radius 1 is 1.35 bits per heavy atom. The molecule has 1 aromatic rings. The van der Waals surface area contributed by atoms with E-state index in [0.29, 0.717) is 12.5 Å². The Kier molecular flexibility index (Phi) is 5.09. The van der Waals surface area contributed by atoms with E-state index >= 15 is 0 Å². The van der Waals surface area contributed by atoms with Crippen LogP contribution in [-0.2, 0) is 5.41 Å². The molecule has 0 fully saturated rings. The molecule has 17 heavy (non-hydrogen) atoms. The number of aliphatic hydroxyl groups is 1. The van der Waals surface area contributed by atoms with E-state index in [2.05, 4.69) is 13.8 Å². The minimum absolute atomic E-state index is 0.000523. The molecule has 2 unspecified atom stereocenters. The van der Waals surface area contributed by atoms with Crippen LogP contribution in [-0.4, -0.2) is 18.3 Å². The maximum atomic E-state index is 12.9. The zero-order valence-corrected chi connectivity index (χ0v) is 10.6. The normalized spacial score (nSPS) is 16.5. The molecule has 0 spiro atoms. The third-order valence-corrected chi connectivity index (χ3v) is 3.59. The summed E-state index contributed by atoms with van der Waals surface area (Å²) in [4.78, 5) is 0. The molecule has 0 aliphatic rings. The summed E-state index contributed by atoms with van der Waals surface area (Å²) in [5.74, 6) is 0.219. The lowest BCUT2D eigenvalue weighted by atomic mass is 9.74. The van der Waals surface area contributed by atoms with Gasteiger partial charge in [0.2, 0.25) is 0 Å². The second-order valence-electron chi connectivity index (χ2n) is 4.87. The van der Waals surface area contributed by atoms with Gasteiger partial charge in [-0.05, 0) is 30.0 Å². The maximum absolute atomic E-state index is 12.9. The summed E-state index contributed by atoms with van der Waals surface area (Å²) in [6.45, 7) is 4.64. The number of hydrogen-bond acceptors (Lipinski definition) is 2. The van der Waals surface area contributed by atoms with Crippen LogP contribution in [0.1, 0.15) is 32.3 Å². The van der Waals surface area contributed by atoms with Crippen molar-refractivity contribution < 1.29 is 9.50 Å². The molecule has 2 atom stereocenters. The van der Waals surface area contributed by atoms with E-state index in [9.17, 15) is 9.50 Å². The van der Waals surface area contributed by atoms with Gasteiger partial charge in [0.25, 0.3) is 0 Å². The van der Waals surface area contributed by atoms with Crippen LogP contribution in [0.5, 0.6) is 0 Å². The van der Waals surface area contributed by atoms with Crippen LogP contribution in [0.3, 0.4) is 0 Å². The van der Waals surface area contributed by atoms with Crippen LogP contribution in [0.4, 0.5) is 4.39 Å². The van der Waals surface area contributed by atoms with E-state index in [4.69, 9.17) is 5.73 Å². The largest absolute Gasteiger partial charge is 0.395 e. The Labute approximate surface area is 103 Å². The van der Waals surface area contributed by atoms with Gasteiger partial charge in [-0.2, -0.15) is 0 Å². The fraction of sp³-hybridized carbons (Fsp3) is 0.571. The average Bonchev–Trinajstić information content (AvgIpc) is 2.37. The number of hydrogen-bond donors (Lipinski definition) is 2. The monoisotopic (exact) mass is 239 g/mol. The van der Waals surface area contributed by atoms with E-state index in [-0.39, 0.29) is 12.4 Å². The van der Waals surface area contributed by atoms with Gasteiger partial charge in [-0.25, -0.2) is 4.39 Å². The molecule has 1 rings (SSSR count). The molecule has 0 amide bonds. The Morgan fingerprint density at radius 2 is 1.94 bits per heavy atom. The summed E-state index contributed by atoms with van der Waals surface area (Å²) in [6, 6.07) is 6.29. The van der Waals surface area contributed by atoms with Crippen LogP contribution >= 0.6 is 0 Å². The van der Waals surface area contributed by atoms with Crippen molar-refractivity contribution in [1.29, 1.82) is 0 Å². The summed E-state index contributed by atoms with van der Waals surface area (Å²) in [5.41, 5.74) is 6.32.